The van der Waals surface area contributed by atoms with Gasteiger partial charge in [0.25, 0.3) is 0 Å². The minimum atomic E-state index is -4.59. The van der Waals surface area contributed by atoms with Gasteiger partial charge >= 0.3 is 6.18 Å². The van der Waals surface area contributed by atoms with E-state index in [0.29, 0.717) is 28.2 Å². The molecule has 4 rings (SSSR count). The number of fused-ring (bicyclic) bond motifs is 1. The van der Waals surface area contributed by atoms with E-state index in [9.17, 15) is 13.2 Å². The average molecular weight is 394 g/mol. The van der Waals surface area contributed by atoms with E-state index in [2.05, 4.69) is 15.0 Å². The van der Waals surface area contributed by atoms with Crippen LogP contribution in [-0.4, -0.2) is 19.4 Å². The second-order valence-electron chi connectivity index (χ2n) is 6.38. The normalized spacial score (nSPS) is 11.6. The van der Waals surface area contributed by atoms with Crippen LogP contribution in [0.4, 0.5) is 19.0 Å². The molecule has 0 aliphatic heterocycles. The molecule has 0 amide bonds. The van der Waals surface area contributed by atoms with Crippen LogP contribution in [0.2, 0.25) is 0 Å². The monoisotopic (exact) mass is 394 g/mol. The summed E-state index contributed by atoms with van der Waals surface area (Å²) >= 11 is 0. The van der Waals surface area contributed by atoms with Crippen molar-refractivity contribution in [3.05, 3.63) is 65.7 Å². The first kappa shape index (κ1) is 18.4. The fraction of sp³-hybridized carbons (Fsp3) is 0.100. The number of nitriles is 1. The third-order valence-electron chi connectivity index (χ3n) is 4.37. The van der Waals surface area contributed by atoms with Crippen LogP contribution in [-0.2, 0) is 6.18 Å². The number of anilines is 1. The lowest BCUT2D eigenvalue weighted by Crippen LogP contribution is -2.10. The molecule has 6 nitrogen and oxygen atoms in total. The molecule has 0 unspecified atom stereocenters. The van der Waals surface area contributed by atoms with Crippen molar-refractivity contribution >= 4 is 11.5 Å². The second-order valence-corrected chi connectivity index (χ2v) is 6.38. The number of pyridine rings is 1. The quantitative estimate of drug-likeness (QED) is 0.549. The molecule has 4 aromatic rings. The van der Waals surface area contributed by atoms with Crippen molar-refractivity contribution in [3.63, 3.8) is 0 Å². The first-order chi connectivity index (χ1) is 13.8. The van der Waals surface area contributed by atoms with Crippen molar-refractivity contribution in [1.82, 2.24) is 19.4 Å². The van der Waals surface area contributed by atoms with Gasteiger partial charge in [0.05, 0.1) is 23.0 Å². The Bertz CT molecular complexity index is 1270. The number of rotatable bonds is 2. The number of aromatic nitrogens is 4. The van der Waals surface area contributed by atoms with Gasteiger partial charge < -0.3 is 5.73 Å². The van der Waals surface area contributed by atoms with E-state index in [1.807, 2.05) is 6.07 Å². The average Bonchev–Trinajstić information content (AvgIpc) is 3.17. The van der Waals surface area contributed by atoms with Crippen LogP contribution in [0.3, 0.4) is 0 Å². The highest BCUT2D eigenvalue weighted by molar-refractivity contribution is 5.83. The molecule has 0 radical (unpaired) electrons. The van der Waals surface area contributed by atoms with E-state index in [4.69, 9.17) is 11.0 Å². The molecule has 0 saturated carbocycles. The van der Waals surface area contributed by atoms with E-state index >= 15 is 0 Å². The maximum atomic E-state index is 13.3. The number of halogens is 3. The number of hydrogen-bond acceptors (Lipinski definition) is 5. The molecule has 0 bridgehead atoms. The number of alkyl halides is 3. The van der Waals surface area contributed by atoms with Gasteiger partial charge in [0.1, 0.15) is 5.69 Å². The standard InChI is InChI=1S/C20H13F3N6/c1-11-8-14(9-15(27-11)20(21,22)23)17-16(13-4-2-12(10-24)3-5-13)28-18(25)19-26-6-7-29(17)19/h2-9H,1H3,(H2,25,28). The Hall–Kier alpha value is -3.93. The number of nitrogens with zero attached hydrogens (tertiary/aromatic N) is 5. The first-order valence-corrected chi connectivity index (χ1v) is 8.47. The van der Waals surface area contributed by atoms with Gasteiger partial charge in [-0.25, -0.2) is 15.0 Å². The third kappa shape index (κ3) is 3.25. The molecule has 1 aromatic carbocycles. The molecule has 0 saturated heterocycles. The lowest BCUT2D eigenvalue weighted by Gasteiger charge is -2.15. The number of benzene rings is 1. The highest BCUT2D eigenvalue weighted by Crippen LogP contribution is 2.36. The first-order valence-electron chi connectivity index (χ1n) is 8.47. The molecule has 2 N–H and O–H groups in total. The van der Waals surface area contributed by atoms with Crippen molar-refractivity contribution in [2.45, 2.75) is 13.1 Å². The van der Waals surface area contributed by atoms with Crippen LogP contribution >= 0.6 is 0 Å². The summed E-state index contributed by atoms with van der Waals surface area (Å²) in [5, 5.41) is 9.02. The second kappa shape index (κ2) is 6.60. The zero-order valence-corrected chi connectivity index (χ0v) is 15.1. The lowest BCUT2D eigenvalue weighted by molar-refractivity contribution is -0.141. The molecular weight excluding hydrogens is 381 g/mol. The van der Waals surface area contributed by atoms with Gasteiger partial charge in [-0.2, -0.15) is 18.4 Å². The number of nitrogen functional groups attached to an aromatic ring is 1. The summed E-state index contributed by atoms with van der Waals surface area (Å²) in [7, 11) is 0. The Balaban J connectivity index is 2.06. The summed E-state index contributed by atoms with van der Waals surface area (Å²) in [6, 6.07) is 11.1. The SMILES string of the molecule is Cc1cc(-c2c(-c3ccc(C#N)cc3)nc(N)c3nccn23)cc(C(F)(F)F)n1. The Morgan fingerprint density at radius 2 is 1.79 bits per heavy atom. The zero-order valence-electron chi connectivity index (χ0n) is 15.1. The van der Waals surface area contributed by atoms with Gasteiger partial charge in [0, 0.05) is 29.2 Å². The fourth-order valence-electron chi connectivity index (χ4n) is 3.14. The predicted octanol–water partition coefficient (Wildman–Crippen LogP) is 4.24. The Labute approximate surface area is 163 Å². The van der Waals surface area contributed by atoms with Crippen LogP contribution in [0, 0.1) is 18.3 Å². The molecule has 0 aliphatic carbocycles. The van der Waals surface area contributed by atoms with Crippen molar-refractivity contribution in [3.8, 4) is 28.6 Å². The minimum Gasteiger partial charge on any atom is -0.381 e. The lowest BCUT2D eigenvalue weighted by atomic mass is 10.0. The maximum Gasteiger partial charge on any atom is 0.433 e. The minimum absolute atomic E-state index is 0.139. The summed E-state index contributed by atoms with van der Waals surface area (Å²) in [5.41, 5.74) is 7.68. The maximum absolute atomic E-state index is 13.3. The number of hydrogen-bond donors (Lipinski definition) is 1. The highest BCUT2D eigenvalue weighted by atomic mass is 19.4. The van der Waals surface area contributed by atoms with Crippen LogP contribution in [0.1, 0.15) is 17.0 Å². The van der Waals surface area contributed by atoms with Crippen LogP contribution in [0.15, 0.2) is 48.8 Å². The molecule has 9 heteroatoms. The zero-order chi connectivity index (χ0) is 20.8. The molecule has 29 heavy (non-hydrogen) atoms. The molecular formula is C20H13F3N6. The molecule has 0 fully saturated rings. The van der Waals surface area contributed by atoms with Gasteiger partial charge in [-0.3, -0.25) is 4.40 Å². The highest BCUT2D eigenvalue weighted by Gasteiger charge is 2.33. The molecule has 0 aliphatic rings. The Morgan fingerprint density at radius 3 is 2.45 bits per heavy atom. The van der Waals surface area contributed by atoms with E-state index in [0.717, 1.165) is 6.07 Å². The van der Waals surface area contributed by atoms with Crippen LogP contribution < -0.4 is 5.73 Å². The van der Waals surface area contributed by atoms with E-state index in [1.165, 1.54) is 13.1 Å². The van der Waals surface area contributed by atoms with Crippen LogP contribution in [0.25, 0.3) is 28.2 Å². The molecule has 3 aromatic heterocycles. The Morgan fingerprint density at radius 1 is 1.07 bits per heavy atom. The number of aryl methyl sites for hydroxylation is 1. The van der Waals surface area contributed by atoms with E-state index in [-0.39, 0.29) is 17.1 Å². The van der Waals surface area contributed by atoms with Crippen molar-refractivity contribution < 1.29 is 13.2 Å². The largest absolute Gasteiger partial charge is 0.433 e. The van der Waals surface area contributed by atoms with Gasteiger partial charge in [-0.1, -0.05) is 12.1 Å². The van der Waals surface area contributed by atoms with Crippen molar-refractivity contribution in [1.29, 1.82) is 5.26 Å². The smallest absolute Gasteiger partial charge is 0.381 e. The summed E-state index contributed by atoms with van der Waals surface area (Å²) in [4.78, 5) is 12.2. The van der Waals surface area contributed by atoms with Gasteiger partial charge in [-0.05, 0) is 31.2 Å². The summed E-state index contributed by atoms with van der Waals surface area (Å²) in [5.74, 6) is 0.139. The molecule has 0 atom stereocenters. The van der Waals surface area contributed by atoms with E-state index < -0.39 is 11.9 Å². The molecule has 3 heterocycles. The van der Waals surface area contributed by atoms with Crippen LogP contribution in [0.5, 0.6) is 0 Å². The van der Waals surface area contributed by atoms with Crippen molar-refractivity contribution in [2.24, 2.45) is 0 Å². The van der Waals surface area contributed by atoms with Crippen molar-refractivity contribution in [2.75, 3.05) is 5.73 Å². The summed E-state index contributed by atoms with van der Waals surface area (Å²) in [6.45, 7) is 1.50. The number of nitrogens with two attached hydrogens (primary N) is 1. The van der Waals surface area contributed by atoms with E-state index in [1.54, 1.807) is 40.9 Å². The fourth-order valence-corrected chi connectivity index (χ4v) is 3.14. The predicted molar refractivity (Wildman–Crippen MR) is 101 cm³/mol. The molecule has 144 valence electrons. The van der Waals surface area contributed by atoms with Gasteiger partial charge in [0.2, 0.25) is 0 Å². The number of imidazole rings is 1. The van der Waals surface area contributed by atoms with Gasteiger partial charge in [-0.15, -0.1) is 0 Å². The third-order valence-corrected chi connectivity index (χ3v) is 4.37. The Kier molecular flexibility index (Phi) is 4.19. The topological polar surface area (TPSA) is 92.9 Å². The summed E-state index contributed by atoms with van der Waals surface area (Å²) < 4.78 is 41.6. The summed E-state index contributed by atoms with van der Waals surface area (Å²) in [6.07, 6.45) is -1.48. The van der Waals surface area contributed by atoms with Gasteiger partial charge in [0.15, 0.2) is 11.5 Å². The molecule has 0 spiro atoms.